The number of phenolic OH excluding ortho intramolecular Hbond substituents is 1. The molecule has 0 atom stereocenters. The Morgan fingerprint density at radius 2 is 2.10 bits per heavy atom. The molecule has 1 N–H and O–H groups in total. The van der Waals surface area contributed by atoms with E-state index < -0.39 is 9.52 Å². The van der Waals surface area contributed by atoms with Crippen molar-refractivity contribution in [2.75, 3.05) is 0 Å². The van der Waals surface area contributed by atoms with Crippen molar-refractivity contribution in [3.63, 3.8) is 0 Å². The van der Waals surface area contributed by atoms with Gasteiger partial charge in [0.15, 0.2) is 0 Å². The Morgan fingerprint density at radius 1 is 1.40 bits per heavy atom. The standard InChI is InChI=1S/C8H10OSi/c1-2-10-8-6-4-3-5-7(8)9/h2-6,9H,1,10H2. The average molecular weight is 150 g/mol. The highest BCUT2D eigenvalue weighted by atomic mass is 28.2. The largest absolute Gasteiger partial charge is 0.508 e. The number of rotatable bonds is 2. The van der Waals surface area contributed by atoms with Gasteiger partial charge in [-0.1, -0.05) is 18.2 Å². The predicted molar refractivity (Wildman–Crippen MR) is 46.5 cm³/mol. The number of benzene rings is 1. The Morgan fingerprint density at radius 3 is 2.70 bits per heavy atom. The van der Waals surface area contributed by atoms with Gasteiger partial charge in [-0.2, -0.15) is 0 Å². The SMILES string of the molecule is C=C[SiH2]c1ccccc1O. The van der Waals surface area contributed by atoms with Gasteiger partial charge in [-0.25, -0.2) is 0 Å². The number of phenols is 1. The van der Waals surface area contributed by atoms with E-state index in [0.29, 0.717) is 5.75 Å². The van der Waals surface area contributed by atoms with E-state index in [1.54, 1.807) is 6.07 Å². The summed E-state index contributed by atoms with van der Waals surface area (Å²) >= 11 is 0. The zero-order valence-corrected chi connectivity index (χ0v) is 7.16. The smallest absolute Gasteiger partial charge is 0.114 e. The summed E-state index contributed by atoms with van der Waals surface area (Å²) in [5, 5.41) is 10.3. The summed E-state index contributed by atoms with van der Waals surface area (Å²) in [6.07, 6.45) is 0. The van der Waals surface area contributed by atoms with Crippen LogP contribution in [0.15, 0.2) is 36.5 Å². The Hall–Kier alpha value is -1.02. The van der Waals surface area contributed by atoms with Crippen LogP contribution in [0.4, 0.5) is 0 Å². The Bertz CT molecular complexity index is 232. The monoisotopic (exact) mass is 150 g/mol. The molecular weight excluding hydrogens is 140 g/mol. The van der Waals surface area contributed by atoms with Crippen molar-refractivity contribution < 1.29 is 5.11 Å². The number of aromatic hydroxyl groups is 1. The second kappa shape index (κ2) is 3.22. The summed E-state index contributed by atoms with van der Waals surface area (Å²) in [5.74, 6) is 0.411. The molecule has 1 nitrogen and oxygen atoms in total. The predicted octanol–water partition coefficient (Wildman–Crippen LogP) is 0.330. The lowest BCUT2D eigenvalue weighted by Crippen LogP contribution is -2.10. The maximum atomic E-state index is 9.23. The van der Waals surface area contributed by atoms with Crippen LogP contribution in [0.25, 0.3) is 0 Å². The van der Waals surface area contributed by atoms with Crippen molar-refractivity contribution >= 4 is 14.7 Å². The molecule has 0 radical (unpaired) electrons. The van der Waals surface area contributed by atoms with Crippen molar-refractivity contribution in [1.29, 1.82) is 0 Å². The molecule has 1 rings (SSSR count). The topological polar surface area (TPSA) is 20.2 Å². The van der Waals surface area contributed by atoms with E-state index in [4.69, 9.17) is 0 Å². The van der Waals surface area contributed by atoms with E-state index in [0.717, 1.165) is 5.19 Å². The zero-order valence-electron chi connectivity index (χ0n) is 5.75. The van der Waals surface area contributed by atoms with Gasteiger partial charge in [-0.3, -0.25) is 0 Å². The quantitative estimate of drug-likeness (QED) is 0.602. The van der Waals surface area contributed by atoms with Gasteiger partial charge in [0.05, 0.1) is 9.52 Å². The van der Waals surface area contributed by atoms with Gasteiger partial charge in [0.1, 0.15) is 5.75 Å². The van der Waals surface area contributed by atoms with E-state index in [9.17, 15) is 5.11 Å². The maximum Gasteiger partial charge on any atom is 0.114 e. The van der Waals surface area contributed by atoms with Gasteiger partial charge < -0.3 is 5.11 Å². The third-order valence-corrected chi connectivity index (χ3v) is 2.68. The lowest BCUT2D eigenvalue weighted by atomic mass is 10.3. The highest BCUT2D eigenvalue weighted by molar-refractivity contribution is 6.59. The third kappa shape index (κ3) is 1.48. The molecule has 2 heteroatoms. The Balaban J connectivity index is 2.91. The van der Waals surface area contributed by atoms with Crippen LogP contribution < -0.4 is 5.19 Å². The van der Waals surface area contributed by atoms with E-state index in [2.05, 4.69) is 6.58 Å². The Labute approximate surface area is 62.8 Å². The molecule has 1 aromatic rings. The molecule has 0 aromatic heterocycles. The molecule has 0 amide bonds. The minimum atomic E-state index is -0.416. The second-order valence-electron chi connectivity index (χ2n) is 2.12. The summed E-state index contributed by atoms with van der Waals surface area (Å²) in [5.41, 5.74) is 1.91. The van der Waals surface area contributed by atoms with Crippen molar-refractivity contribution in [2.45, 2.75) is 0 Å². The highest BCUT2D eigenvalue weighted by Gasteiger charge is 1.94. The van der Waals surface area contributed by atoms with Crippen molar-refractivity contribution in [3.05, 3.63) is 36.5 Å². The minimum Gasteiger partial charge on any atom is -0.508 e. The van der Waals surface area contributed by atoms with Gasteiger partial charge in [-0.15, -0.1) is 12.3 Å². The zero-order chi connectivity index (χ0) is 7.40. The first-order valence-corrected chi connectivity index (χ1v) is 4.74. The van der Waals surface area contributed by atoms with E-state index >= 15 is 0 Å². The lowest BCUT2D eigenvalue weighted by Gasteiger charge is -1.97. The minimum absolute atomic E-state index is 0.411. The normalized spacial score (nSPS) is 10.4. The molecule has 10 heavy (non-hydrogen) atoms. The van der Waals surface area contributed by atoms with E-state index in [1.807, 2.05) is 23.9 Å². The van der Waals surface area contributed by atoms with Gasteiger partial charge in [0.25, 0.3) is 0 Å². The molecule has 0 aliphatic rings. The first-order valence-electron chi connectivity index (χ1n) is 3.22. The van der Waals surface area contributed by atoms with Gasteiger partial charge in [0, 0.05) is 0 Å². The van der Waals surface area contributed by atoms with Crippen LogP contribution in [0.1, 0.15) is 0 Å². The fraction of sp³-hybridized carbons (Fsp3) is 0. The lowest BCUT2D eigenvalue weighted by molar-refractivity contribution is 0.479. The maximum absolute atomic E-state index is 9.23. The van der Waals surface area contributed by atoms with E-state index in [1.165, 1.54) is 0 Å². The Kier molecular flexibility index (Phi) is 2.28. The summed E-state index contributed by atoms with van der Waals surface area (Å²) in [6.45, 7) is 3.65. The average Bonchev–Trinajstić information content (AvgIpc) is 1.94. The summed E-state index contributed by atoms with van der Waals surface area (Å²) in [7, 11) is -0.416. The molecule has 0 bridgehead atoms. The van der Waals surface area contributed by atoms with Crippen LogP contribution in [0.3, 0.4) is 0 Å². The molecular formula is C8H10OSi. The second-order valence-corrected chi connectivity index (χ2v) is 3.87. The first-order chi connectivity index (χ1) is 4.84. The molecule has 0 saturated heterocycles. The van der Waals surface area contributed by atoms with Gasteiger partial charge in [-0.05, 0) is 11.3 Å². The fourth-order valence-corrected chi connectivity index (χ4v) is 1.75. The van der Waals surface area contributed by atoms with Crippen molar-refractivity contribution in [2.24, 2.45) is 0 Å². The van der Waals surface area contributed by atoms with Crippen LogP contribution >= 0.6 is 0 Å². The molecule has 0 heterocycles. The first kappa shape index (κ1) is 7.09. The molecule has 0 aliphatic carbocycles. The van der Waals surface area contributed by atoms with Gasteiger partial charge >= 0.3 is 0 Å². The summed E-state index contributed by atoms with van der Waals surface area (Å²) in [6, 6.07) is 7.43. The molecule has 0 fully saturated rings. The molecule has 0 unspecified atom stereocenters. The molecule has 0 saturated carbocycles. The van der Waals surface area contributed by atoms with Crippen LogP contribution in [0.5, 0.6) is 5.75 Å². The van der Waals surface area contributed by atoms with Crippen molar-refractivity contribution in [3.8, 4) is 5.75 Å². The third-order valence-electron chi connectivity index (χ3n) is 1.36. The molecule has 0 aliphatic heterocycles. The molecule has 0 spiro atoms. The number of para-hydroxylation sites is 1. The molecule has 52 valence electrons. The number of hydrogen-bond donors (Lipinski definition) is 1. The van der Waals surface area contributed by atoms with Gasteiger partial charge in [0.2, 0.25) is 0 Å². The van der Waals surface area contributed by atoms with Crippen LogP contribution in [0, 0.1) is 0 Å². The van der Waals surface area contributed by atoms with E-state index in [-0.39, 0.29) is 0 Å². The fourth-order valence-electron chi connectivity index (χ4n) is 0.839. The van der Waals surface area contributed by atoms with Crippen LogP contribution in [-0.2, 0) is 0 Å². The summed E-state index contributed by atoms with van der Waals surface area (Å²) in [4.78, 5) is 0. The number of hydrogen-bond acceptors (Lipinski definition) is 1. The highest BCUT2D eigenvalue weighted by Crippen LogP contribution is 2.00. The molecule has 1 aromatic carbocycles. The van der Waals surface area contributed by atoms with Crippen LogP contribution in [-0.4, -0.2) is 14.6 Å². The summed E-state index contributed by atoms with van der Waals surface area (Å²) < 4.78 is 0. The van der Waals surface area contributed by atoms with Crippen LogP contribution in [0.2, 0.25) is 0 Å². The van der Waals surface area contributed by atoms with Crippen molar-refractivity contribution in [1.82, 2.24) is 0 Å².